The first kappa shape index (κ1) is 18.7. The molecule has 1 heterocycles. The molecule has 0 radical (unpaired) electrons. The molecule has 5 nitrogen and oxygen atoms in total. The zero-order chi connectivity index (χ0) is 20.4. The molecule has 0 bridgehead atoms. The van der Waals surface area contributed by atoms with Gasteiger partial charge in [0.15, 0.2) is 11.6 Å². The Morgan fingerprint density at radius 3 is 2.59 bits per heavy atom. The molecular weight excluding hydrogens is 371 g/mol. The van der Waals surface area contributed by atoms with Crippen LogP contribution in [-0.2, 0) is 11.3 Å². The number of hydrogen-bond acceptors (Lipinski definition) is 4. The van der Waals surface area contributed by atoms with Crippen molar-refractivity contribution in [3.8, 4) is 11.4 Å². The van der Waals surface area contributed by atoms with Crippen molar-refractivity contribution in [1.29, 1.82) is 0 Å². The van der Waals surface area contributed by atoms with Gasteiger partial charge in [-0.1, -0.05) is 24.3 Å². The Labute approximate surface area is 167 Å². The molecule has 0 unspecified atom stereocenters. The second-order valence-electron chi connectivity index (χ2n) is 6.58. The van der Waals surface area contributed by atoms with Gasteiger partial charge >= 0.3 is 5.97 Å². The molecule has 146 valence electrons. The molecule has 0 saturated carbocycles. The molecule has 0 spiro atoms. The molecule has 0 saturated heterocycles. The molecule has 0 atom stereocenters. The maximum atomic E-state index is 13.8. The minimum atomic E-state index is -0.496. The standard InChI is InChI=1S/C23H19FN2O3/c1-15-25-20-13-17(9-10-21(20)26(15)18-6-4-3-5-7-18)23(27)29-14-16-8-11-22(28-2)19(24)12-16/h3-13H,14H2,1-2H3. The number of esters is 1. The van der Waals surface area contributed by atoms with E-state index in [0.717, 1.165) is 17.0 Å². The highest BCUT2D eigenvalue weighted by atomic mass is 19.1. The van der Waals surface area contributed by atoms with Gasteiger partial charge in [0.2, 0.25) is 0 Å². The van der Waals surface area contributed by atoms with Gasteiger partial charge < -0.3 is 9.47 Å². The van der Waals surface area contributed by atoms with E-state index < -0.39 is 11.8 Å². The monoisotopic (exact) mass is 390 g/mol. The number of nitrogens with zero attached hydrogens (tertiary/aromatic N) is 2. The minimum Gasteiger partial charge on any atom is -0.494 e. The van der Waals surface area contributed by atoms with Gasteiger partial charge in [0.05, 0.1) is 23.7 Å². The molecule has 4 rings (SSSR count). The lowest BCUT2D eigenvalue weighted by Crippen LogP contribution is -2.05. The number of methoxy groups -OCH3 is 1. The molecule has 29 heavy (non-hydrogen) atoms. The number of benzene rings is 3. The average molecular weight is 390 g/mol. The van der Waals surface area contributed by atoms with E-state index in [2.05, 4.69) is 4.98 Å². The van der Waals surface area contributed by atoms with Gasteiger partial charge in [0, 0.05) is 5.69 Å². The van der Waals surface area contributed by atoms with Crippen LogP contribution in [-0.4, -0.2) is 22.6 Å². The van der Waals surface area contributed by atoms with Gasteiger partial charge in [0.25, 0.3) is 0 Å². The minimum absolute atomic E-state index is 0.0325. The molecule has 6 heteroatoms. The van der Waals surface area contributed by atoms with Gasteiger partial charge in [-0.05, 0) is 55.0 Å². The first-order chi connectivity index (χ1) is 14.1. The van der Waals surface area contributed by atoms with Crippen molar-refractivity contribution in [2.75, 3.05) is 7.11 Å². The number of fused-ring (bicyclic) bond motifs is 1. The Kier molecular flexibility index (Phi) is 4.99. The van der Waals surface area contributed by atoms with Gasteiger partial charge in [-0.3, -0.25) is 4.57 Å². The summed E-state index contributed by atoms with van der Waals surface area (Å²) in [5.41, 5.74) is 3.55. The number of para-hydroxylation sites is 1. The van der Waals surface area contributed by atoms with Crippen molar-refractivity contribution in [3.63, 3.8) is 0 Å². The van der Waals surface area contributed by atoms with Crippen molar-refractivity contribution in [1.82, 2.24) is 9.55 Å². The first-order valence-corrected chi connectivity index (χ1v) is 9.11. The van der Waals surface area contributed by atoms with Crippen molar-refractivity contribution in [3.05, 3.63) is 89.5 Å². The Morgan fingerprint density at radius 2 is 1.86 bits per heavy atom. The fraction of sp³-hybridized carbons (Fsp3) is 0.130. The van der Waals surface area contributed by atoms with Crippen LogP contribution >= 0.6 is 0 Å². The Hall–Kier alpha value is -3.67. The number of aromatic nitrogens is 2. The summed E-state index contributed by atoms with van der Waals surface area (Å²) in [4.78, 5) is 17.0. The predicted octanol–water partition coefficient (Wildman–Crippen LogP) is 4.84. The summed E-state index contributed by atoms with van der Waals surface area (Å²) in [5.74, 6) is -0.0141. The van der Waals surface area contributed by atoms with Crippen LogP contribution in [0.15, 0.2) is 66.7 Å². The van der Waals surface area contributed by atoms with E-state index in [4.69, 9.17) is 9.47 Å². The SMILES string of the molecule is COc1ccc(COC(=O)c2ccc3c(c2)nc(C)n3-c2ccccc2)cc1F. The number of aryl methyl sites for hydroxylation is 1. The summed E-state index contributed by atoms with van der Waals surface area (Å²) in [6, 6.07) is 19.6. The second kappa shape index (κ2) is 7.75. The highest BCUT2D eigenvalue weighted by molar-refractivity contribution is 5.94. The maximum Gasteiger partial charge on any atom is 0.338 e. The van der Waals surface area contributed by atoms with E-state index in [9.17, 15) is 9.18 Å². The smallest absolute Gasteiger partial charge is 0.338 e. The van der Waals surface area contributed by atoms with Crippen LogP contribution in [0.4, 0.5) is 4.39 Å². The van der Waals surface area contributed by atoms with Crippen LogP contribution in [0.3, 0.4) is 0 Å². The predicted molar refractivity (Wildman–Crippen MR) is 108 cm³/mol. The van der Waals surface area contributed by atoms with Crippen LogP contribution in [0.2, 0.25) is 0 Å². The number of carbonyl (C=O) groups excluding carboxylic acids is 1. The topological polar surface area (TPSA) is 53.4 Å². The van der Waals surface area contributed by atoms with Crippen LogP contribution in [0, 0.1) is 12.7 Å². The van der Waals surface area contributed by atoms with E-state index in [0.29, 0.717) is 16.6 Å². The van der Waals surface area contributed by atoms with E-state index in [-0.39, 0.29) is 12.4 Å². The number of halogens is 1. The van der Waals surface area contributed by atoms with E-state index in [1.807, 2.05) is 47.9 Å². The third-order valence-electron chi connectivity index (χ3n) is 4.66. The van der Waals surface area contributed by atoms with E-state index in [1.165, 1.54) is 19.2 Å². The lowest BCUT2D eigenvalue weighted by molar-refractivity contribution is 0.0472. The number of rotatable bonds is 5. The van der Waals surface area contributed by atoms with Crippen molar-refractivity contribution < 1.29 is 18.7 Å². The molecule has 1 aromatic heterocycles. The number of hydrogen-bond donors (Lipinski definition) is 0. The quantitative estimate of drug-likeness (QED) is 0.458. The lowest BCUT2D eigenvalue weighted by atomic mass is 10.2. The summed E-state index contributed by atoms with van der Waals surface area (Å²) < 4.78 is 26.0. The largest absolute Gasteiger partial charge is 0.494 e. The Balaban J connectivity index is 1.55. The van der Waals surface area contributed by atoms with Gasteiger partial charge in [-0.15, -0.1) is 0 Å². The van der Waals surface area contributed by atoms with Crippen LogP contribution in [0.25, 0.3) is 16.7 Å². The molecule has 0 aliphatic rings. The average Bonchev–Trinajstić information content (AvgIpc) is 3.07. The fourth-order valence-electron chi connectivity index (χ4n) is 3.26. The molecule has 0 N–H and O–H groups in total. The molecule has 4 aromatic rings. The third-order valence-corrected chi connectivity index (χ3v) is 4.66. The van der Waals surface area contributed by atoms with E-state index in [1.54, 1.807) is 18.2 Å². The molecular formula is C23H19FN2O3. The Morgan fingerprint density at radius 1 is 1.07 bits per heavy atom. The summed E-state index contributed by atoms with van der Waals surface area (Å²) in [7, 11) is 1.40. The number of carbonyl (C=O) groups is 1. The zero-order valence-corrected chi connectivity index (χ0v) is 16.1. The molecule has 0 aliphatic carbocycles. The van der Waals surface area contributed by atoms with Crippen molar-refractivity contribution >= 4 is 17.0 Å². The summed E-state index contributed by atoms with van der Waals surface area (Å²) in [6.07, 6.45) is 0. The van der Waals surface area contributed by atoms with Gasteiger partial charge in [-0.2, -0.15) is 0 Å². The molecule has 3 aromatic carbocycles. The molecule has 0 fully saturated rings. The summed E-state index contributed by atoms with van der Waals surface area (Å²) in [6.45, 7) is 1.89. The first-order valence-electron chi connectivity index (χ1n) is 9.11. The maximum absolute atomic E-state index is 13.8. The van der Waals surface area contributed by atoms with Gasteiger partial charge in [0.1, 0.15) is 12.4 Å². The highest BCUT2D eigenvalue weighted by Crippen LogP contribution is 2.23. The van der Waals surface area contributed by atoms with Crippen LogP contribution < -0.4 is 4.74 Å². The van der Waals surface area contributed by atoms with Crippen LogP contribution in [0.1, 0.15) is 21.7 Å². The van der Waals surface area contributed by atoms with Crippen molar-refractivity contribution in [2.24, 2.45) is 0 Å². The Bertz CT molecular complexity index is 1190. The normalized spacial score (nSPS) is 10.9. The fourth-order valence-corrected chi connectivity index (χ4v) is 3.26. The summed E-state index contributed by atoms with van der Waals surface area (Å²) >= 11 is 0. The van der Waals surface area contributed by atoms with Gasteiger partial charge in [-0.25, -0.2) is 14.2 Å². The molecule has 0 amide bonds. The number of imidazole rings is 1. The third kappa shape index (κ3) is 3.69. The molecule has 0 aliphatic heterocycles. The number of ether oxygens (including phenoxy) is 2. The second-order valence-corrected chi connectivity index (χ2v) is 6.58. The van der Waals surface area contributed by atoms with E-state index >= 15 is 0 Å². The highest BCUT2D eigenvalue weighted by Gasteiger charge is 2.14. The van der Waals surface area contributed by atoms with Crippen molar-refractivity contribution in [2.45, 2.75) is 13.5 Å². The van der Waals surface area contributed by atoms with Crippen LogP contribution in [0.5, 0.6) is 5.75 Å². The summed E-state index contributed by atoms with van der Waals surface area (Å²) in [5, 5.41) is 0. The lowest BCUT2D eigenvalue weighted by Gasteiger charge is -2.08. The zero-order valence-electron chi connectivity index (χ0n) is 16.1.